The van der Waals surface area contributed by atoms with Gasteiger partial charge in [-0.25, -0.2) is 0 Å². The molecule has 0 bridgehead atoms. The fourth-order valence-corrected chi connectivity index (χ4v) is 3.74. The average molecular weight is 308 g/mol. The number of hydrogen-bond donors (Lipinski definition) is 2. The molecule has 1 aliphatic heterocycles. The van der Waals surface area contributed by atoms with Crippen LogP contribution >= 0.6 is 11.6 Å². The van der Waals surface area contributed by atoms with Crippen LogP contribution in [-0.2, 0) is 4.79 Å². The fraction of sp³-hybridized carbons (Fsp3) is 0.562. The summed E-state index contributed by atoms with van der Waals surface area (Å²) in [5.74, 6) is 0.00332. The Morgan fingerprint density at radius 2 is 2.10 bits per heavy atom. The number of nitrogens with zero attached hydrogens (tertiary/aromatic N) is 1. The third-order valence-corrected chi connectivity index (χ3v) is 4.91. The standard InChI is InChI=1S/C16H22ClN3O/c1-3-18-15-11-8-12(17)14(9-13(11)19-16(15)21)20(2)10-6-4-5-7-10/h8-10,15,18H,3-7H2,1-2H3,(H,19,21). The van der Waals surface area contributed by atoms with Crippen LogP contribution in [0, 0.1) is 0 Å². The molecule has 114 valence electrons. The Hall–Kier alpha value is -1.26. The number of nitrogens with one attached hydrogen (secondary N) is 2. The molecule has 21 heavy (non-hydrogen) atoms. The fourth-order valence-electron chi connectivity index (χ4n) is 3.44. The van der Waals surface area contributed by atoms with Gasteiger partial charge in [0, 0.05) is 24.3 Å². The molecule has 1 saturated carbocycles. The molecular weight excluding hydrogens is 286 g/mol. The first kappa shape index (κ1) is 14.7. The van der Waals surface area contributed by atoms with Crippen molar-refractivity contribution in [2.24, 2.45) is 0 Å². The van der Waals surface area contributed by atoms with Crippen LogP contribution in [0.1, 0.15) is 44.2 Å². The number of benzene rings is 1. The number of hydrogen-bond acceptors (Lipinski definition) is 3. The summed E-state index contributed by atoms with van der Waals surface area (Å²) in [5, 5.41) is 6.88. The SMILES string of the molecule is CCNC1C(=O)Nc2cc(N(C)C3CCCC3)c(Cl)cc21. The van der Waals surface area contributed by atoms with Crippen LogP contribution < -0.4 is 15.5 Å². The van der Waals surface area contributed by atoms with E-state index in [1.54, 1.807) is 0 Å². The Labute approximate surface area is 130 Å². The summed E-state index contributed by atoms with van der Waals surface area (Å²) in [5.41, 5.74) is 2.85. The van der Waals surface area contributed by atoms with E-state index in [0.29, 0.717) is 6.04 Å². The Bertz CT molecular complexity index is 555. The van der Waals surface area contributed by atoms with E-state index in [1.165, 1.54) is 25.7 Å². The highest BCUT2D eigenvalue weighted by molar-refractivity contribution is 6.33. The molecule has 1 unspecified atom stereocenters. The third-order valence-electron chi connectivity index (χ3n) is 4.61. The average Bonchev–Trinajstić information content (AvgIpc) is 3.08. The lowest BCUT2D eigenvalue weighted by molar-refractivity contribution is -0.117. The number of halogens is 1. The lowest BCUT2D eigenvalue weighted by Gasteiger charge is -2.28. The van der Waals surface area contributed by atoms with E-state index in [4.69, 9.17) is 11.6 Å². The van der Waals surface area contributed by atoms with E-state index in [1.807, 2.05) is 19.1 Å². The maximum absolute atomic E-state index is 12.0. The molecule has 2 aliphatic rings. The van der Waals surface area contributed by atoms with E-state index >= 15 is 0 Å². The Morgan fingerprint density at radius 1 is 1.38 bits per heavy atom. The van der Waals surface area contributed by atoms with Crippen molar-refractivity contribution in [1.82, 2.24) is 5.32 Å². The van der Waals surface area contributed by atoms with Gasteiger partial charge in [-0.2, -0.15) is 0 Å². The molecule has 0 radical (unpaired) electrons. The molecule has 0 saturated heterocycles. The van der Waals surface area contributed by atoms with Crippen molar-refractivity contribution in [3.63, 3.8) is 0 Å². The predicted octanol–water partition coefficient (Wildman–Crippen LogP) is 3.32. The van der Waals surface area contributed by atoms with Crippen molar-refractivity contribution < 1.29 is 4.79 Å². The van der Waals surface area contributed by atoms with E-state index in [2.05, 4.69) is 22.6 Å². The summed E-state index contributed by atoms with van der Waals surface area (Å²) in [6.07, 6.45) is 5.01. The lowest BCUT2D eigenvalue weighted by Crippen LogP contribution is -2.29. The molecule has 1 fully saturated rings. The van der Waals surface area contributed by atoms with Crippen LogP contribution in [0.25, 0.3) is 0 Å². The van der Waals surface area contributed by atoms with Crippen molar-refractivity contribution in [2.75, 3.05) is 23.8 Å². The van der Waals surface area contributed by atoms with E-state index in [-0.39, 0.29) is 11.9 Å². The van der Waals surface area contributed by atoms with Gasteiger partial charge in [-0.3, -0.25) is 4.79 Å². The molecule has 1 aromatic rings. The van der Waals surface area contributed by atoms with Crippen molar-refractivity contribution in [3.8, 4) is 0 Å². The van der Waals surface area contributed by atoms with Crippen LogP contribution in [0.5, 0.6) is 0 Å². The second-order valence-corrected chi connectivity index (χ2v) is 6.33. The summed E-state index contributed by atoms with van der Waals surface area (Å²) in [4.78, 5) is 14.3. The number of rotatable bonds is 4. The summed E-state index contributed by atoms with van der Waals surface area (Å²) < 4.78 is 0. The first-order valence-corrected chi connectivity index (χ1v) is 8.10. The van der Waals surface area contributed by atoms with E-state index < -0.39 is 0 Å². The smallest absolute Gasteiger partial charge is 0.246 e. The van der Waals surface area contributed by atoms with Crippen molar-refractivity contribution >= 4 is 28.9 Å². The molecule has 1 atom stereocenters. The second kappa shape index (κ2) is 5.85. The summed E-state index contributed by atoms with van der Waals surface area (Å²) in [6, 6.07) is 4.23. The molecule has 5 heteroatoms. The van der Waals surface area contributed by atoms with E-state index in [9.17, 15) is 4.79 Å². The van der Waals surface area contributed by atoms with Gasteiger partial charge in [0.2, 0.25) is 5.91 Å². The monoisotopic (exact) mass is 307 g/mol. The van der Waals surface area contributed by atoms with Crippen LogP contribution in [0.4, 0.5) is 11.4 Å². The zero-order valence-corrected chi connectivity index (χ0v) is 13.3. The molecular formula is C16H22ClN3O. The number of anilines is 2. The van der Waals surface area contributed by atoms with Gasteiger partial charge < -0.3 is 15.5 Å². The van der Waals surface area contributed by atoms with Gasteiger partial charge in [-0.1, -0.05) is 31.4 Å². The van der Waals surface area contributed by atoms with E-state index in [0.717, 1.165) is 28.5 Å². The minimum atomic E-state index is -0.284. The summed E-state index contributed by atoms with van der Waals surface area (Å²) >= 11 is 6.49. The first-order valence-electron chi connectivity index (χ1n) is 7.72. The van der Waals surface area contributed by atoms with Crippen molar-refractivity contribution in [3.05, 3.63) is 22.7 Å². The first-order chi connectivity index (χ1) is 10.1. The number of fused-ring (bicyclic) bond motifs is 1. The number of carbonyl (C=O) groups is 1. The van der Waals surface area contributed by atoms with Crippen LogP contribution in [0.15, 0.2) is 12.1 Å². The van der Waals surface area contributed by atoms with Crippen LogP contribution in [-0.4, -0.2) is 25.5 Å². The Kier molecular flexibility index (Phi) is 4.09. The zero-order valence-electron chi connectivity index (χ0n) is 12.6. The highest BCUT2D eigenvalue weighted by Gasteiger charge is 2.32. The molecule has 3 rings (SSSR count). The van der Waals surface area contributed by atoms with Gasteiger partial charge in [-0.15, -0.1) is 0 Å². The van der Waals surface area contributed by atoms with Gasteiger partial charge in [0.05, 0.1) is 10.7 Å². The number of carbonyl (C=O) groups excluding carboxylic acids is 1. The molecule has 1 aromatic carbocycles. The quantitative estimate of drug-likeness (QED) is 0.897. The molecule has 4 nitrogen and oxygen atoms in total. The van der Waals surface area contributed by atoms with Crippen molar-refractivity contribution in [1.29, 1.82) is 0 Å². The van der Waals surface area contributed by atoms with Gasteiger partial charge in [-0.05, 0) is 31.5 Å². The lowest BCUT2D eigenvalue weighted by atomic mass is 10.1. The summed E-state index contributed by atoms with van der Waals surface area (Å²) in [6.45, 7) is 2.74. The topological polar surface area (TPSA) is 44.4 Å². The molecule has 0 aromatic heterocycles. The Balaban J connectivity index is 1.92. The number of amides is 1. The molecule has 1 heterocycles. The predicted molar refractivity (Wildman–Crippen MR) is 87.2 cm³/mol. The molecule has 1 amide bonds. The third kappa shape index (κ3) is 2.62. The highest BCUT2D eigenvalue weighted by Crippen LogP contribution is 2.40. The van der Waals surface area contributed by atoms with Gasteiger partial charge in [0.25, 0.3) is 0 Å². The summed E-state index contributed by atoms with van der Waals surface area (Å²) in [7, 11) is 2.10. The molecule has 1 aliphatic carbocycles. The minimum absolute atomic E-state index is 0.00332. The Morgan fingerprint density at radius 3 is 2.76 bits per heavy atom. The number of likely N-dealkylation sites (N-methyl/N-ethyl adjacent to an activating group) is 1. The van der Waals surface area contributed by atoms with Crippen LogP contribution in [0.2, 0.25) is 5.02 Å². The second-order valence-electron chi connectivity index (χ2n) is 5.92. The highest BCUT2D eigenvalue weighted by atomic mass is 35.5. The molecule has 2 N–H and O–H groups in total. The van der Waals surface area contributed by atoms with Gasteiger partial charge in [0.15, 0.2) is 0 Å². The minimum Gasteiger partial charge on any atom is -0.370 e. The normalized spacial score (nSPS) is 21.5. The van der Waals surface area contributed by atoms with Gasteiger partial charge >= 0.3 is 0 Å². The maximum Gasteiger partial charge on any atom is 0.246 e. The van der Waals surface area contributed by atoms with Crippen molar-refractivity contribution in [2.45, 2.75) is 44.7 Å². The van der Waals surface area contributed by atoms with Crippen LogP contribution in [0.3, 0.4) is 0 Å². The molecule has 0 spiro atoms. The van der Waals surface area contributed by atoms with Gasteiger partial charge in [0.1, 0.15) is 6.04 Å². The zero-order chi connectivity index (χ0) is 15.0. The maximum atomic E-state index is 12.0. The largest absolute Gasteiger partial charge is 0.370 e.